The first kappa shape index (κ1) is 19.1. The van der Waals surface area contributed by atoms with Crippen molar-refractivity contribution in [3.8, 4) is 0 Å². The normalized spacial score (nSPS) is 15.0. The number of carbonyl (C=O) groups is 1. The second-order valence-electron chi connectivity index (χ2n) is 5.71. The van der Waals surface area contributed by atoms with E-state index in [1.807, 2.05) is 0 Å². The van der Waals surface area contributed by atoms with Crippen LogP contribution in [0.2, 0.25) is 0 Å². The van der Waals surface area contributed by atoms with Crippen molar-refractivity contribution in [3.63, 3.8) is 0 Å². The molecule has 0 unspecified atom stereocenters. The average molecular weight is 350 g/mol. The summed E-state index contributed by atoms with van der Waals surface area (Å²) in [5.74, 6) is -6.64. The highest BCUT2D eigenvalue weighted by Crippen LogP contribution is 2.33. The topological polar surface area (TPSA) is 110 Å². The van der Waals surface area contributed by atoms with Crippen LogP contribution in [0.4, 0.5) is 14.5 Å². The Hall–Kier alpha value is -1.94. The summed E-state index contributed by atoms with van der Waals surface area (Å²) in [4.78, 5) is 20.7. The van der Waals surface area contributed by atoms with Gasteiger partial charge in [0.25, 0.3) is 5.69 Å². The molecule has 0 spiro atoms. The molecule has 0 aliphatic heterocycles. The van der Waals surface area contributed by atoms with Crippen molar-refractivity contribution in [2.75, 3.05) is 0 Å². The summed E-state index contributed by atoms with van der Waals surface area (Å²) in [6.45, 7) is 4.59. The SMILES string of the molecule is CC(C)(C)[S@](=O)N[C@H](c1ccc([N+](=O)[O-])cc1)C(F)(F)C(=O)O. The van der Waals surface area contributed by atoms with E-state index in [2.05, 4.69) is 4.72 Å². The number of nitrogens with one attached hydrogen (secondary N) is 1. The van der Waals surface area contributed by atoms with E-state index < -0.39 is 38.6 Å². The quantitative estimate of drug-likeness (QED) is 0.605. The van der Waals surface area contributed by atoms with Crippen LogP contribution in [0.25, 0.3) is 0 Å². The summed E-state index contributed by atoms with van der Waals surface area (Å²) in [5, 5.41) is 19.3. The number of carboxylic acid groups (broad SMARTS) is 1. The first-order chi connectivity index (χ1) is 10.4. The molecule has 0 saturated carbocycles. The Labute approximate surface area is 133 Å². The highest BCUT2D eigenvalue weighted by atomic mass is 32.2. The summed E-state index contributed by atoms with van der Waals surface area (Å²) >= 11 is 0. The largest absolute Gasteiger partial charge is 0.477 e. The van der Waals surface area contributed by atoms with Crippen LogP contribution in [-0.4, -0.2) is 30.9 Å². The molecule has 0 saturated heterocycles. The van der Waals surface area contributed by atoms with Crippen molar-refractivity contribution < 1.29 is 27.8 Å². The smallest absolute Gasteiger partial charge is 0.376 e. The molecule has 10 heteroatoms. The van der Waals surface area contributed by atoms with Gasteiger partial charge in [-0.2, -0.15) is 8.78 Å². The number of halogens is 2. The zero-order valence-electron chi connectivity index (χ0n) is 12.6. The molecule has 1 rings (SSSR count). The molecule has 0 fully saturated rings. The van der Waals surface area contributed by atoms with Crippen molar-refractivity contribution in [1.82, 2.24) is 4.72 Å². The first-order valence-corrected chi connectivity index (χ1v) is 7.56. The van der Waals surface area contributed by atoms with Gasteiger partial charge in [0.05, 0.1) is 20.7 Å². The van der Waals surface area contributed by atoms with Crippen LogP contribution in [0.15, 0.2) is 24.3 Å². The van der Waals surface area contributed by atoms with E-state index in [4.69, 9.17) is 5.11 Å². The van der Waals surface area contributed by atoms with Crippen molar-refractivity contribution in [2.45, 2.75) is 37.5 Å². The van der Waals surface area contributed by atoms with Gasteiger partial charge in [0.1, 0.15) is 6.04 Å². The Bertz CT molecular complexity index is 628. The molecule has 0 radical (unpaired) electrons. The lowest BCUT2D eigenvalue weighted by molar-refractivity contribution is -0.384. The minimum atomic E-state index is -4.25. The second kappa shape index (κ2) is 6.67. The average Bonchev–Trinajstić information content (AvgIpc) is 2.43. The molecule has 7 nitrogen and oxygen atoms in total. The fourth-order valence-electron chi connectivity index (χ4n) is 1.55. The molecule has 2 N–H and O–H groups in total. The monoisotopic (exact) mass is 350 g/mol. The zero-order chi connectivity index (χ0) is 18.0. The Kier molecular flexibility index (Phi) is 5.54. The maximum atomic E-state index is 14.0. The minimum Gasteiger partial charge on any atom is -0.477 e. The highest BCUT2D eigenvalue weighted by molar-refractivity contribution is 7.84. The van der Waals surface area contributed by atoms with Gasteiger partial charge in [0.15, 0.2) is 0 Å². The van der Waals surface area contributed by atoms with Crippen LogP contribution < -0.4 is 4.72 Å². The number of alkyl halides is 2. The molecule has 1 aromatic carbocycles. The number of nitro groups is 1. The molecule has 0 aromatic heterocycles. The Morgan fingerprint density at radius 3 is 2.13 bits per heavy atom. The highest BCUT2D eigenvalue weighted by Gasteiger charge is 2.49. The van der Waals surface area contributed by atoms with Crippen molar-refractivity contribution >= 4 is 22.6 Å². The van der Waals surface area contributed by atoms with Crippen LogP contribution in [0.1, 0.15) is 32.4 Å². The molecule has 0 amide bonds. The Morgan fingerprint density at radius 1 is 1.30 bits per heavy atom. The maximum absolute atomic E-state index is 14.0. The number of nitrogens with zero attached hydrogens (tertiary/aromatic N) is 1. The van der Waals surface area contributed by atoms with E-state index in [1.54, 1.807) is 0 Å². The van der Waals surface area contributed by atoms with Gasteiger partial charge in [-0.1, -0.05) is 12.1 Å². The number of non-ortho nitro benzene ring substituents is 1. The third-order valence-corrected chi connectivity index (χ3v) is 4.43. The fourth-order valence-corrected chi connectivity index (χ4v) is 2.40. The number of hydrogen-bond donors (Lipinski definition) is 2. The summed E-state index contributed by atoms with van der Waals surface area (Å²) in [6, 6.07) is 1.86. The van der Waals surface area contributed by atoms with Gasteiger partial charge < -0.3 is 5.11 Å². The van der Waals surface area contributed by atoms with Gasteiger partial charge in [-0.25, -0.2) is 13.7 Å². The van der Waals surface area contributed by atoms with Crippen molar-refractivity contribution in [2.24, 2.45) is 0 Å². The van der Waals surface area contributed by atoms with Crippen LogP contribution in [0.5, 0.6) is 0 Å². The third kappa shape index (κ3) is 4.52. The van der Waals surface area contributed by atoms with Crippen LogP contribution >= 0.6 is 0 Å². The maximum Gasteiger partial charge on any atom is 0.376 e. The number of nitro benzene ring substituents is 1. The lowest BCUT2D eigenvalue weighted by atomic mass is 10.0. The molecule has 0 aliphatic carbocycles. The summed E-state index contributed by atoms with van der Waals surface area (Å²) in [6.07, 6.45) is 0. The molecular weight excluding hydrogens is 334 g/mol. The van der Waals surface area contributed by atoms with Crippen LogP contribution in [-0.2, 0) is 15.8 Å². The lowest BCUT2D eigenvalue weighted by Crippen LogP contribution is -2.47. The molecule has 2 atom stereocenters. The van der Waals surface area contributed by atoms with E-state index in [0.717, 1.165) is 24.3 Å². The van der Waals surface area contributed by atoms with Gasteiger partial charge in [-0.05, 0) is 26.3 Å². The summed E-state index contributed by atoms with van der Waals surface area (Å²) in [7, 11) is -1.97. The van der Waals surface area contributed by atoms with E-state index in [9.17, 15) is 27.9 Å². The number of hydrogen-bond acceptors (Lipinski definition) is 4. The standard InChI is InChI=1S/C13H16F2N2O5S/c1-12(2,3)23(22)16-10(13(14,15)11(18)19)8-4-6-9(7-5-8)17(20)21/h4-7,10,16H,1-3H3,(H,18,19)/t10-,23+/m1/s1. The molecule has 0 bridgehead atoms. The number of aliphatic carboxylic acids is 1. The lowest BCUT2D eigenvalue weighted by Gasteiger charge is -2.28. The van der Waals surface area contributed by atoms with E-state index in [1.165, 1.54) is 20.8 Å². The van der Waals surface area contributed by atoms with Crippen molar-refractivity contribution in [3.05, 3.63) is 39.9 Å². The van der Waals surface area contributed by atoms with Crippen molar-refractivity contribution in [1.29, 1.82) is 0 Å². The van der Waals surface area contributed by atoms with E-state index in [-0.39, 0.29) is 11.3 Å². The van der Waals surface area contributed by atoms with E-state index >= 15 is 0 Å². The Balaban J connectivity index is 3.26. The molecule has 23 heavy (non-hydrogen) atoms. The van der Waals surface area contributed by atoms with Crippen LogP contribution in [0.3, 0.4) is 0 Å². The predicted octanol–water partition coefficient (Wildman–Crippen LogP) is 2.41. The van der Waals surface area contributed by atoms with Gasteiger partial charge in [-0.15, -0.1) is 0 Å². The van der Waals surface area contributed by atoms with Crippen LogP contribution in [0, 0.1) is 10.1 Å². The van der Waals surface area contributed by atoms with Gasteiger partial charge in [0.2, 0.25) is 0 Å². The fraction of sp³-hybridized carbons (Fsp3) is 0.462. The molecule has 0 heterocycles. The number of carboxylic acids is 1. The minimum absolute atomic E-state index is 0.222. The molecule has 128 valence electrons. The molecule has 0 aliphatic rings. The second-order valence-corrected chi connectivity index (χ2v) is 7.71. The van der Waals surface area contributed by atoms with Gasteiger partial charge in [0, 0.05) is 12.1 Å². The van der Waals surface area contributed by atoms with E-state index in [0.29, 0.717) is 0 Å². The summed E-state index contributed by atoms with van der Waals surface area (Å²) in [5.41, 5.74) is -0.552. The van der Waals surface area contributed by atoms with Gasteiger partial charge in [-0.3, -0.25) is 10.1 Å². The molecule has 1 aromatic rings. The summed E-state index contributed by atoms with van der Waals surface area (Å²) < 4.78 is 41.2. The third-order valence-electron chi connectivity index (χ3n) is 2.87. The molecular formula is C13H16F2N2O5S. The predicted molar refractivity (Wildman–Crippen MR) is 79.5 cm³/mol. The first-order valence-electron chi connectivity index (χ1n) is 6.41. The number of benzene rings is 1. The van der Waals surface area contributed by atoms with Gasteiger partial charge >= 0.3 is 11.9 Å². The Morgan fingerprint density at radius 2 is 1.78 bits per heavy atom. The zero-order valence-corrected chi connectivity index (χ0v) is 13.4. The number of rotatable bonds is 6.